The van der Waals surface area contributed by atoms with E-state index >= 15 is 0 Å². The van der Waals surface area contributed by atoms with E-state index in [0.29, 0.717) is 18.0 Å². The summed E-state index contributed by atoms with van der Waals surface area (Å²) in [6.45, 7) is 8.45. The average Bonchev–Trinajstić information content (AvgIpc) is 3.62. The van der Waals surface area contributed by atoms with Gasteiger partial charge in [0.1, 0.15) is 0 Å². The highest BCUT2D eigenvalue weighted by Crippen LogP contribution is 2.50. The van der Waals surface area contributed by atoms with Crippen LogP contribution in [0.1, 0.15) is 55.3 Å². The van der Waals surface area contributed by atoms with Gasteiger partial charge < -0.3 is 10.2 Å². The molecule has 1 fully saturated rings. The van der Waals surface area contributed by atoms with Crippen molar-refractivity contribution in [3.63, 3.8) is 0 Å². The van der Waals surface area contributed by atoms with Crippen molar-refractivity contribution in [1.82, 2.24) is 25.0 Å². The van der Waals surface area contributed by atoms with Crippen molar-refractivity contribution in [2.24, 2.45) is 0 Å². The third-order valence-electron chi connectivity index (χ3n) is 8.44. The summed E-state index contributed by atoms with van der Waals surface area (Å²) in [5.41, 5.74) is 6.69. The molecule has 1 N–H and O–H groups in total. The first kappa shape index (κ1) is 28.3. The van der Waals surface area contributed by atoms with Crippen LogP contribution in [0.5, 0.6) is 0 Å². The molecule has 40 heavy (non-hydrogen) atoms. The Hall–Kier alpha value is -3.24. The van der Waals surface area contributed by atoms with E-state index in [1.165, 1.54) is 0 Å². The van der Waals surface area contributed by atoms with Gasteiger partial charge in [-0.3, -0.25) is 9.58 Å². The van der Waals surface area contributed by atoms with Crippen molar-refractivity contribution in [1.29, 1.82) is 0 Å². The van der Waals surface area contributed by atoms with Gasteiger partial charge in [-0.05, 0) is 70.6 Å². The van der Waals surface area contributed by atoms with E-state index < -0.39 is 9.84 Å². The highest BCUT2D eigenvalue weighted by molar-refractivity contribution is 7.91. The molecule has 2 amide bonds. The fourth-order valence-electron chi connectivity index (χ4n) is 6.12. The number of likely N-dealkylation sites (N-methyl/N-ethyl adjacent to an activating group) is 1. The van der Waals surface area contributed by atoms with E-state index in [4.69, 9.17) is 10.1 Å². The summed E-state index contributed by atoms with van der Waals surface area (Å²) >= 11 is 0. The van der Waals surface area contributed by atoms with E-state index in [1.54, 1.807) is 31.2 Å². The van der Waals surface area contributed by atoms with Crippen molar-refractivity contribution in [3.05, 3.63) is 59.0 Å². The standard InChI is InChI=1S/C30H40N6O3S/c1-6-40(38,39)24-11-9-23(10-12-24)19-31-29(37)35-20-30(15-7-8-16-30)28-26(35)14-13-25(32-28)27-21(2)33-36(22(27)3)18-17-34(4)5/h9-14H,6-8,15-20H2,1-5H3,(H,31,37). The zero-order valence-corrected chi connectivity index (χ0v) is 25.0. The minimum atomic E-state index is -3.25. The van der Waals surface area contributed by atoms with Crippen molar-refractivity contribution < 1.29 is 13.2 Å². The largest absolute Gasteiger partial charge is 0.334 e. The number of nitrogens with zero attached hydrogens (tertiary/aromatic N) is 5. The zero-order chi connectivity index (χ0) is 28.7. The van der Waals surface area contributed by atoms with Gasteiger partial charge in [-0.25, -0.2) is 18.2 Å². The van der Waals surface area contributed by atoms with Crippen LogP contribution < -0.4 is 10.2 Å². The van der Waals surface area contributed by atoms with Gasteiger partial charge in [0.05, 0.1) is 40.0 Å². The summed E-state index contributed by atoms with van der Waals surface area (Å²) in [5, 5.41) is 7.85. The Morgan fingerprint density at radius 1 is 1.07 bits per heavy atom. The lowest BCUT2D eigenvalue weighted by Gasteiger charge is -2.24. The minimum Gasteiger partial charge on any atom is -0.334 e. The number of anilines is 1. The van der Waals surface area contributed by atoms with Crippen molar-refractivity contribution in [2.45, 2.75) is 69.9 Å². The molecule has 2 aliphatic rings. The van der Waals surface area contributed by atoms with Gasteiger partial charge in [-0.15, -0.1) is 0 Å². The summed E-state index contributed by atoms with van der Waals surface area (Å²) in [6.07, 6.45) is 4.31. The molecule has 1 aromatic carbocycles. The number of benzene rings is 1. The Labute approximate surface area is 237 Å². The molecular formula is C30H40N6O3S. The Morgan fingerprint density at radius 2 is 1.77 bits per heavy atom. The third-order valence-corrected chi connectivity index (χ3v) is 10.2. The van der Waals surface area contributed by atoms with Crippen LogP contribution in [0.4, 0.5) is 10.5 Å². The lowest BCUT2D eigenvalue weighted by molar-refractivity contribution is 0.245. The summed E-state index contributed by atoms with van der Waals surface area (Å²) < 4.78 is 26.3. The highest BCUT2D eigenvalue weighted by atomic mass is 32.2. The number of aryl methyl sites for hydroxylation is 1. The topological polar surface area (TPSA) is 100 Å². The van der Waals surface area contributed by atoms with Crippen LogP contribution in [-0.4, -0.2) is 67.1 Å². The van der Waals surface area contributed by atoms with Gasteiger partial charge in [0.2, 0.25) is 0 Å². The molecule has 1 saturated carbocycles. The van der Waals surface area contributed by atoms with Crippen LogP contribution in [0.25, 0.3) is 11.3 Å². The van der Waals surface area contributed by atoms with Crippen molar-refractivity contribution in [2.75, 3.05) is 37.8 Å². The summed E-state index contributed by atoms with van der Waals surface area (Å²) in [7, 11) is 0.876. The summed E-state index contributed by atoms with van der Waals surface area (Å²) in [6, 6.07) is 10.6. The summed E-state index contributed by atoms with van der Waals surface area (Å²) in [4.78, 5) is 23.0. The molecular weight excluding hydrogens is 524 g/mol. The lowest BCUT2D eigenvalue weighted by Crippen LogP contribution is -2.41. The smallest absolute Gasteiger partial charge is 0.322 e. The van der Waals surface area contributed by atoms with E-state index in [2.05, 4.69) is 35.9 Å². The number of carbonyl (C=O) groups is 1. The number of amides is 2. The molecule has 0 bridgehead atoms. The molecule has 5 rings (SSSR count). The SMILES string of the molecule is CCS(=O)(=O)c1ccc(CNC(=O)N2CC3(CCCC3)c3nc(-c4c(C)nn(CCN(C)C)c4C)ccc32)cc1. The number of fused-ring (bicyclic) bond motifs is 2. The molecule has 3 aromatic rings. The van der Waals surface area contributed by atoms with Crippen LogP contribution in [0.3, 0.4) is 0 Å². The Morgan fingerprint density at radius 3 is 2.42 bits per heavy atom. The maximum absolute atomic E-state index is 13.5. The van der Waals surface area contributed by atoms with E-state index in [9.17, 15) is 13.2 Å². The number of hydrogen-bond donors (Lipinski definition) is 1. The molecule has 1 aliphatic heterocycles. The van der Waals surface area contributed by atoms with E-state index in [1.807, 2.05) is 24.0 Å². The van der Waals surface area contributed by atoms with Crippen LogP contribution in [0.2, 0.25) is 0 Å². The molecule has 214 valence electrons. The maximum atomic E-state index is 13.5. The molecule has 1 spiro atoms. The average molecular weight is 565 g/mol. The van der Waals surface area contributed by atoms with Crippen molar-refractivity contribution in [3.8, 4) is 11.3 Å². The van der Waals surface area contributed by atoms with Crippen LogP contribution in [0, 0.1) is 13.8 Å². The molecule has 9 nitrogen and oxygen atoms in total. The Bertz CT molecular complexity index is 1500. The number of hydrogen-bond acceptors (Lipinski definition) is 6. The molecule has 1 aliphatic carbocycles. The van der Waals surface area contributed by atoms with E-state index in [-0.39, 0.29) is 17.2 Å². The van der Waals surface area contributed by atoms with E-state index in [0.717, 1.165) is 78.4 Å². The number of pyridine rings is 1. The predicted octanol–water partition coefficient (Wildman–Crippen LogP) is 4.46. The van der Waals surface area contributed by atoms with Gasteiger partial charge >= 0.3 is 6.03 Å². The molecule has 2 aromatic heterocycles. The minimum absolute atomic E-state index is 0.0624. The van der Waals surface area contributed by atoms with Gasteiger partial charge in [-0.1, -0.05) is 31.9 Å². The monoisotopic (exact) mass is 564 g/mol. The quantitative estimate of drug-likeness (QED) is 0.434. The maximum Gasteiger partial charge on any atom is 0.322 e. The van der Waals surface area contributed by atoms with Gasteiger partial charge in [0, 0.05) is 36.3 Å². The Balaban J connectivity index is 1.38. The first-order valence-electron chi connectivity index (χ1n) is 14.1. The fraction of sp³-hybridized carbons (Fsp3) is 0.500. The number of aromatic nitrogens is 3. The first-order valence-corrected chi connectivity index (χ1v) is 15.8. The zero-order valence-electron chi connectivity index (χ0n) is 24.2. The van der Waals surface area contributed by atoms with Crippen LogP contribution in [0.15, 0.2) is 41.3 Å². The second-order valence-electron chi connectivity index (χ2n) is 11.4. The van der Waals surface area contributed by atoms with Gasteiger partial charge in [0.25, 0.3) is 0 Å². The molecule has 3 heterocycles. The first-order chi connectivity index (χ1) is 19.0. The summed E-state index contributed by atoms with van der Waals surface area (Å²) in [5.74, 6) is 0.0624. The van der Waals surface area contributed by atoms with Crippen LogP contribution >= 0.6 is 0 Å². The Kier molecular flexibility index (Phi) is 7.76. The highest BCUT2D eigenvalue weighted by Gasteiger charge is 2.48. The fourth-order valence-corrected chi connectivity index (χ4v) is 7.01. The number of carbonyl (C=O) groups excluding carboxylic acids is 1. The van der Waals surface area contributed by atoms with Crippen molar-refractivity contribution >= 4 is 21.6 Å². The number of nitrogens with one attached hydrogen (secondary N) is 1. The van der Waals surface area contributed by atoms with Gasteiger partial charge in [0.15, 0.2) is 9.84 Å². The second kappa shape index (κ2) is 11.0. The number of sulfone groups is 1. The van der Waals surface area contributed by atoms with Crippen LogP contribution in [-0.2, 0) is 28.3 Å². The number of rotatable bonds is 8. The third kappa shape index (κ3) is 5.26. The molecule has 0 atom stereocenters. The predicted molar refractivity (Wildman–Crippen MR) is 157 cm³/mol. The molecule has 0 saturated heterocycles. The molecule has 10 heteroatoms. The number of urea groups is 1. The lowest BCUT2D eigenvalue weighted by atomic mass is 9.84. The van der Waals surface area contributed by atoms with Gasteiger partial charge in [-0.2, -0.15) is 5.10 Å². The normalized spacial score (nSPS) is 16.2. The second-order valence-corrected chi connectivity index (χ2v) is 13.7. The molecule has 0 unspecified atom stereocenters. The molecule has 0 radical (unpaired) electrons.